The van der Waals surface area contributed by atoms with E-state index in [1.54, 1.807) is 48.6 Å². The van der Waals surface area contributed by atoms with Crippen LogP contribution in [0.15, 0.2) is 75.9 Å². The van der Waals surface area contributed by atoms with Gasteiger partial charge in [0.2, 0.25) is 0 Å². The van der Waals surface area contributed by atoms with Crippen molar-refractivity contribution in [3.8, 4) is 17.1 Å². The Morgan fingerprint density at radius 3 is 2.48 bits per heavy atom. The molecular weight excluding hydrogens is 392 g/mol. The third-order valence-corrected chi connectivity index (χ3v) is 5.25. The summed E-state index contributed by atoms with van der Waals surface area (Å²) in [5.74, 6) is 1.94. The molecule has 2 aromatic carbocycles. The van der Waals surface area contributed by atoms with Crippen LogP contribution in [-0.2, 0) is 13.1 Å². The monoisotopic (exact) mass is 416 g/mol. The van der Waals surface area contributed by atoms with Crippen LogP contribution in [0.25, 0.3) is 11.3 Å². The third kappa shape index (κ3) is 4.69. The van der Waals surface area contributed by atoms with Crippen LogP contribution in [-0.4, -0.2) is 23.1 Å². The molecule has 2 heterocycles. The summed E-state index contributed by atoms with van der Waals surface area (Å²) >= 11 is 0. The van der Waals surface area contributed by atoms with Gasteiger partial charge in [-0.3, -0.25) is 4.79 Å². The molecule has 0 aliphatic carbocycles. The molecule has 0 bridgehead atoms. The number of methoxy groups -OCH3 is 1. The van der Waals surface area contributed by atoms with E-state index in [-0.39, 0.29) is 5.91 Å². The Bertz CT molecular complexity index is 1160. The number of carbonyl (C=O) groups excluding carboxylic acids is 1. The van der Waals surface area contributed by atoms with E-state index in [9.17, 15) is 4.79 Å². The van der Waals surface area contributed by atoms with Gasteiger partial charge in [0.15, 0.2) is 5.76 Å². The highest BCUT2D eigenvalue weighted by atomic mass is 16.5. The lowest BCUT2D eigenvalue weighted by Gasteiger charge is -2.20. The highest BCUT2D eigenvalue weighted by molar-refractivity contribution is 5.94. The van der Waals surface area contributed by atoms with Gasteiger partial charge in [0.05, 0.1) is 26.5 Å². The lowest BCUT2D eigenvalue weighted by atomic mass is 10.0. The molecule has 0 fully saturated rings. The molecule has 0 saturated carbocycles. The molecule has 4 aromatic rings. The first-order valence-corrected chi connectivity index (χ1v) is 10.0. The van der Waals surface area contributed by atoms with Crippen LogP contribution < -0.4 is 4.74 Å². The van der Waals surface area contributed by atoms with Gasteiger partial charge in [-0.15, -0.1) is 0 Å². The minimum absolute atomic E-state index is 0.130. The second-order valence-electron chi connectivity index (χ2n) is 7.45. The predicted molar refractivity (Wildman–Crippen MR) is 117 cm³/mol. The predicted octanol–water partition coefficient (Wildman–Crippen LogP) is 5.40. The molecule has 4 rings (SSSR count). The molecule has 158 valence electrons. The normalized spacial score (nSPS) is 10.8. The van der Waals surface area contributed by atoms with Crippen molar-refractivity contribution in [3.05, 3.63) is 95.1 Å². The maximum Gasteiger partial charge on any atom is 0.254 e. The van der Waals surface area contributed by atoms with Gasteiger partial charge < -0.3 is 18.6 Å². The number of carbonyl (C=O) groups is 1. The van der Waals surface area contributed by atoms with Crippen molar-refractivity contribution < 1.29 is 18.5 Å². The summed E-state index contributed by atoms with van der Waals surface area (Å²) in [5.41, 5.74) is 4.59. The van der Waals surface area contributed by atoms with Crippen LogP contribution in [0.2, 0.25) is 0 Å². The zero-order valence-corrected chi connectivity index (χ0v) is 17.8. The summed E-state index contributed by atoms with van der Waals surface area (Å²) in [6, 6.07) is 18.7. The quantitative estimate of drug-likeness (QED) is 0.403. The minimum atomic E-state index is -0.130. The molecule has 6 heteroatoms. The van der Waals surface area contributed by atoms with Crippen LogP contribution in [0.1, 0.15) is 32.9 Å². The van der Waals surface area contributed by atoms with Crippen LogP contribution in [0.3, 0.4) is 0 Å². The number of aryl methyl sites for hydroxylation is 2. The topological polar surface area (TPSA) is 68.7 Å². The maximum absolute atomic E-state index is 13.2. The Morgan fingerprint density at radius 2 is 1.81 bits per heavy atom. The van der Waals surface area contributed by atoms with E-state index in [1.807, 2.05) is 18.2 Å². The second-order valence-corrected chi connectivity index (χ2v) is 7.45. The molecule has 0 spiro atoms. The van der Waals surface area contributed by atoms with Gasteiger partial charge in [-0.2, -0.15) is 0 Å². The van der Waals surface area contributed by atoms with Crippen molar-refractivity contribution in [1.82, 2.24) is 10.1 Å². The number of nitrogens with zero attached hydrogens (tertiary/aromatic N) is 2. The van der Waals surface area contributed by atoms with E-state index in [4.69, 9.17) is 13.7 Å². The number of aromatic nitrogens is 1. The van der Waals surface area contributed by atoms with Crippen molar-refractivity contribution in [1.29, 1.82) is 0 Å². The van der Waals surface area contributed by atoms with Crippen molar-refractivity contribution in [2.45, 2.75) is 26.9 Å². The van der Waals surface area contributed by atoms with Crippen molar-refractivity contribution in [2.24, 2.45) is 0 Å². The largest absolute Gasteiger partial charge is 0.497 e. The van der Waals surface area contributed by atoms with E-state index in [0.717, 1.165) is 5.56 Å². The van der Waals surface area contributed by atoms with Gasteiger partial charge in [0.1, 0.15) is 17.2 Å². The first-order chi connectivity index (χ1) is 15.0. The standard InChI is InChI=1S/C25H24N2O4/c1-17-6-7-20(13-18(17)2)24-14-21(26-31-24)15-27(16-23-5-4-12-30-23)25(28)19-8-10-22(29-3)11-9-19/h4-14H,15-16H2,1-3H3. The summed E-state index contributed by atoms with van der Waals surface area (Å²) in [5, 5.41) is 4.20. The number of benzene rings is 2. The Kier molecular flexibility index (Phi) is 5.89. The van der Waals surface area contributed by atoms with E-state index in [1.165, 1.54) is 11.1 Å². The molecule has 0 radical (unpaired) electrons. The summed E-state index contributed by atoms with van der Waals surface area (Å²) in [6.45, 7) is 4.75. The van der Waals surface area contributed by atoms with Crippen LogP contribution in [0.4, 0.5) is 0 Å². The third-order valence-electron chi connectivity index (χ3n) is 5.25. The van der Waals surface area contributed by atoms with E-state index >= 15 is 0 Å². The summed E-state index contributed by atoms with van der Waals surface area (Å²) in [4.78, 5) is 14.9. The Morgan fingerprint density at radius 1 is 1.00 bits per heavy atom. The number of furan rings is 1. The average molecular weight is 416 g/mol. The molecular formula is C25H24N2O4. The van der Waals surface area contributed by atoms with Crippen LogP contribution in [0.5, 0.6) is 5.75 Å². The smallest absolute Gasteiger partial charge is 0.254 e. The zero-order valence-electron chi connectivity index (χ0n) is 17.8. The second kappa shape index (κ2) is 8.92. The van der Waals surface area contributed by atoms with Crippen molar-refractivity contribution in [3.63, 3.8) is 0 Å². The van der Waals surface area contributed by atoms with Crippen LogP contribution >= 0.6 is 0 Å². The average Bonchev–Trinajstić information content (AvgIpc) is 3.47. The number of rotatable bonds is 7. The van der Waals surface area contributed by atoms with Gasteiger partial charge in [-0.05, 0) is 67.4 Å². The van der Waals surface area contributed by atoms with Crippen molar-refractivity contribution >= 4 is 5.91 Å². The highest BCUT2D eigenvalue weighted by Gasteiger charge is 2.20. The molecule has 0 aliphatic heterocycles. The van der Waals surface area contributed by atoms with Crippen molar-refractivity contribution in [2.75, 3.05) is 7.11 Å². The van der Waals surface area contributed by atoms with Gasteiger partial charge in [-0.25, -0.2) is 0 Å². The lowest BCUT2D eigenvalue weighted by molar-refractivity contribution is 0.0713. The Labute approximate surface area is 181 Å². The number of hydrogen-bond acceptors (Lipinski definition) is 5. The van der Waals surface area contributed by atoms with E-state index in [2.05, 4.69) is 31.1 Å². The summed E-state index contributed by atoms with van der Waals surface area (Å²) in [6.07, 6.45) is 1.60. The molecule has 1 amide bonds. The molecule has 0 aliphatic rings. The molecule has 0 saturated heterocycles. The molecule has 0 atom stereocenters. The van der Waals surface area contributed by atoms with E-state index in [0.29, 0.717) is 41.6 Å². The first-order valence-electron chi connectivity index (χ1n) is 10.0. The first kappa shape index (κ1) is 20.5. The zero-order chi connectivity index (χ0) is 21.8. The summed E-state index contributed by atoms with van der Waals surface area (Å²) < 4.78 is 16.2. The van der Waals surface area contributed by atoms with E-state index < -0.39 is 0 Å². The highest BCUT2D eigenvalue weighted by Crippen LogP contribution is 2.24. The Hall–Kier alpha value is -3.80. The lowest BCUT2D eigenvalue weighted by Crippen LogP contribution is -2.30. The molecule has 31 heavy (non-hydrogen) atoms. The molecule has 0 unspecified atom stereocenters. The Balaban J connectivity index is 1.58. The van der Waals surface area contributed by atoms with Gasteiger partial charge in [0.25, 0.3) is 5.91 Å². The minimum Gasteiger partial charge on any atom is -0.497 e. The summed E-state index contributed by atoms with van der Waals surface area (Å²) in [7, 11) is 1.59. The molecule has 2 aromatic heterocycles. The number of ether oxygens (including phenoxy) is 1. The fourth-order valence-electron chi connectivity index (χ4n) is 3.32. The molecule has 6 nitrogen and oxygen atoms in total. The number of amides is 1. The van der Waals surface area contributed by atoms with Gasteiger partial charge in [-0.1, -0.05) is 17.3 Å². The SMILES string of the molecule is COc1ccc(C(=O)N(Cc2cc(-c3ccc(C)c(C)c3)on2)Cc2ccco2)cc1. The molecule has 0 N–H and O–H groups in total. The van der Waals surface area contributed by atoms with Crippen LogP contribution in [0, 0.1) is 13.8 Å². The fourth-order valence-corrected chi connectivity index (χ4v) is 3.32. The van der Waals surface area contributed by atoms with Gasteiger partial charge >= 0.3 is 0 Å². The fraction of sp³-hybridized carbons (Fsp3) is 0.200. The number of hydrogen-bond donors (Lipinski definition) is 0. The van der Waals surface area contributed by atoms with Gasteiger partial charge in [0, 0.05) is 17.2 Å². The maximum atomic E-state index is 13.2.